The molecule has 0 atom stereocenters. The maximum absolute atomic E-state index is 10.9. The van der Waals surface area contributed by atoms with E-state index in [0.717, 1.165) is 5.69 Å². The van der Waals surface area contributed by atoms with Crippen LogP contribution in [0.2, 0.25) is 0 Å². The van der Waals surface area contributed by atoms with Gasteiger partial charge in [0.1, 0.15) is 0 Å². The molecule has 0 bridgehead atoms. The average molecular weight is 205 g/mol. The third-order valence-corrected chi connectivity index (χ3v) is 2.30. The first-order chi connectivity index (χ1) is 7.18. The highest BCUT2D eigenvalue weighted by Crippen LogP contribution is 2.18. The van der Waals surface area contributed by atoms with Crippen LogP contribution in [0.4, 0.5) is 0 Å². The number of para-hydroxylation sites is 1. The van der Waals surface area contributed by atoms with Gasteiger partial charge in [-0.2, -0.15) is 0 Å². The van der Waals surface area contributed by atoms with Crippen LogP contribution in [0.5, 0.6) is 0 Å². The number of hydrogen-bond donors (Lipinski definition) is 1. The van der Waals surface area contributed by atoms with Crippen molar-refractivity contribution in [3.63, 3.8) is 0 Å². The van der Waals surface area contributed by atoms with Crippen molar-refractivity contribution in [1.29, 1.82) is 0 Å². The molecule has 0 aliphatic carbocycles. The van der Waals surface area contributed by atoms with E-state index >= 15 is 0 Å². The molecule has 4 heteroatoms. The van der Waals surface area contributed by atoms with Crippen molar-refractivity contribution < 1.29 is 9.20 Å². The number of rotatable bonds is 2. The van der Waals surface area contributed by atoms with E-state index in [9.17, 15) is 4.79 Å². The SMILES string of the molecule is CC(C)c1ccccc1-[n+]1cc(=O)o[nH]1. The molecule has 1 aromatic carbocycles. The maximum atomic E-state index is 10.9. The van der Waals surface area contributed by atoms with E-state index in [1.54, 1.807) is 4.68 Å². The fourth-order valence-electron chi connectivity index (χ4n) is 1.57. The van der Waals surface area contributed by atoms with Gasteiger partial charge in [0, 0.05) is 11.6 Å². The molecule has 0 radical (unpaired) electrons. The van der Waals surface area contributed by atoms with Gasteiger partial charge in [-0.25, -0.2) is 4.79 Å². The highest BCUT2D eigenvalue weighted by molar-refractivity contribution is 5.35. The molecule has 0 unspecified atom stereocenters. The summed E-state index contributed by atoms with van der Waals surface area (Å²) in [5, 5.41) is 2.55. The van der Waals surface area contributed by atoms with Crippen LogP contribution >= 0.6 is 0 Å². The van der Waals surface area contributed by atoms with Crippen LogP contribution in [0.3, 0.4) is 0 Å². The van der Waals surface area contributed by atoms with Gasteiger partial charge in [0.15, 0.2) is 0 Å². The van der Waals surface area contributed by atoms with Gasteiger partial charge in [-0.15, -0.1) is 0 Å². The second-order valence-electron chi connectivity index (χ2n) is 3.73. The summed E-state index contributed by atoms with van der Waals surface area (Å²) in [6, 6.07) is 7.90. The molecule has 78 valence electrons. The predicted octanol–water partition coefficient (Wildman–Crippen LogP) is 1.37. The zero-order valence-corrected chi connectivity index (χ0v) is 8.73. The van der Waals surface area contributed by atoms with Crippen LogP contribution in [0.1, 0.15) is 25.3 Å². The van der Waals surface area contributed by atoms with Crippen LogP contribution in [-0.4, -0.2) is 5.27 Å². The Bertz CT molecular complexity index is 511. The molecular formula is C11H13N2O2+. The number of aromatic nitrogens is 2. The summed E-state index contributed by atoms with van der Waals surface area (Å²) in [5.74, 6) is 0.395. The third-order valence-electron chi connectivity index (χ3n) is 2.30. The van der Waals surface area contributed by atoms with E-state index in [4.69, 9.17) is 0 Å². The van der Waals surface area contributed by atoms with Crippen molar-refractivity contribution >= 4 is 0 Å². The molecule has 0 fully saturated rings. The topological polar surface area (TPSA) is 49.9 Å². The van der Waals surface area contributed by atoms with Crippen LogP contribution in [-0.2, 0) is 0 Å². The number of benzene rings is 1. The Morgan fingerprint density at radius 1 is 1.33 bits per heavy atom. The summed E-state index contributed by atoms with van der Waals surface area (Å²) < 4.78 is 6.23. The second-order valence-corrected chi connectivity index (χ2v) is 3.73. The average Bonchev–Trinajstić information content (AvgIpc) is 2.65. The van der Waals surface area contributed by atoms with E-state index in [0.29, 0.717) is 5.92 Å². The molecule has 1 heterocycles. The van der Waals surface area contributed by atoms with Crippen molar-refractivity contribution in [2.75, 3.05) is 0 Å². The van der Waals surface area contributed by atoms with Gasteiger partial charge in [0.05, 0.1) is 0 Å². The minimum atomic E-state index is -0.381. The van der Waals surface area contributed by atoms with Gasteiger partial charge in [0.2, 0.25) is 5.69 Å². The monoisotopic (exact) mass is 205 g/mol. The van der Waals surface area contributed by atoms with Crippen molar-refractivity contribution in [2.45, 2.75) is 19.8 Å². The number of nitrogens with zero attached hydrogens (tertiary/aromatic N) is 1. The molecule has 0 aliphatic rings. The van der Waals surface area contributed by atoms with Crippen LogP contribution in [0, 0.1) is 0 Å². The molecule has 2 rings (SSSR count). The normalized spacial score (nSPS) is 10.9. The van der Waals surface area contributed by atoms with Gasteiger partial charge in [-0.3, -0.25) is 4.52 Å². The van der Waals surface area contributed by atoms with Gasteiger partial charge in [0.25, 0.3) is 6.20 Å². The molecule has 1 N–H and O–H groups in total. The molecule has 0 spiro atoms. The quantitative estimate of drug-likeness (QED) is 0.753. The fraction of sp³-hybridized carbons (Fsp3) is 0.273. The minimum Gasteiger partial charge on any atom is -0.283 e. The Kier molecular flexibility index (Phi) is 2.41. The van der Waals surface area contributed by atoms with Gasteiger partial charge in [-0.05, 0) is 15.9 Å². The summed E-state index contributed by atoms with van der Waals surface area (Å²) in [6.07, 6.45) is 1.39. The number of H-pyrrole nitrogens is 1. The van der Waals surface area contributed by atoms with Crippen molar-refractivity contribution in [2.24, 2.45) is 0 Å². The molecule has 4 nitrogen and oxygen atoms in total. The van der Waals surface area contributed by atoms with Gasteiger partial charge in [-0.1, -0.05) is 32.0 Å². The van der Waals surface area contributed by atoms with Crippen molar-refractivity contribution in [3.05, 3.63) is 46.4 Å². The smallest absolute Gasteiger partial charge is 0.283 e. The van der Waals surface area contributed by atoms with Crippen LogP contribution < -0.4 is 10.3 Å². The lowest BCUT2D eigenvalue weighted by Gasteiger charge is -2.04. The predicted molar refractivity (Wildman–Crippen MR) is 54.9 cm³/mol. The first-order valence-corrected chi connectivity index (χ1v) is 4.88. The number of nitrogens with one attached hydrogen (secondary N) is 1. The standard InChI is InChI=1S/C11H12N2O2/c1-8(2)9-5-3-4-6-10(9)13-7-11(14)15-12-13/h3-8H,1-2H3/p+1. The van der Waals surface area contributed by atoms with E-state index in [1.807, 2.05) is 24.3 Å². The summed E-state index contributed by atoms with van der Waals surface area (Å²) in [7, 11) is 0. The molecule has 1 aromatic heterocycles. The van der Waals surface area contributed by atoms with Gasteiger partial charge >= 0.3 is 5.63 Å². The molecule has 2 aromatic rings. The molecule has 0 saturated carbocycles. The van der Waals surface area contributed by atoms with Gasteiger partial charge < -0.3 is 0 Å². The summed E-state index contributed by atoms with van der Waals surface area (Å²) in [5.41, 5.74) is 1.73. The highest BCUT2D eigenvalue weighted by atomic mass is 16.5. The van der Waals surface area contributed by atoms with E-state index in [1.165, 1.54) is 11.8 Å². The minimum absolute atomic E-state index is 0.381. The summed E-state index contributed by atoms with van der Waals surface area (Å²) in [6.45, 7) is 4.22. The van der Waals surface area contributed by atoms with Crippen LogP contribution in [0.25, 0.3) is 5.69 Å². The molecular weight excluding hydrogens is 192 g/mol. The van der Waals surface area contributed by atoms with Crippen LogP contribution in [0.15, 0.2) is 39.8 Å². The highest BCUT2D eigenvalue weighted by Gasteiger charge is 2.17. The zero-order valence-electron chi connectivity index (χ0n) is 8.73. The van der Waals surface area contributed by atoms with Crippen molar-refractivity contribution in [3.8, 4) is 5.69 Å². The number of hydrogen-bond acceptors (Lipinski definition) is 2. The lowest BCUT2D eigenvalue weighted by molar-refractivity contribution is -0.670. The first kappa shape index (κ1) is 9.71. The lowest BCUT2D eigenvalue weighted by atomic mass is 10.0. The lowest BCUT2D eigenvalue weighted by Crippen LogP contribution is -2.33. The fourth-order valence-corrected chi connectivity index (χ4v) is 1.57. The zero-order chi connectivity index (χ0) is 10.8. The van der Waals surface area contributed by atoms with E-state index in [-0.39, 0.29) is 5.63 Å². The number of aromatic amines is 1. The summed E-state index contributed by atoms with van der Waals surface area (Å²) in [4.78, 5) is 10.9. The van der Waals surface area contributed by atoms with Crippen molar-refractivity contribution in [1.82, 2.24) is 5.27 Å². The summed E-state index contributed by atoms with van der Waals surface area (Å²) >= 11 is 0. The Morgan fingerprint density at radius 3 is 2.67 bits per heavy atom. The molecule has 0 saturated heterocycles. The maximum Gasteiger partial charge on any atom is 0.427 e. The van der Waals surface area contributed by atoms with E-state index in [2.05, 4.69) is 23.6 Å². The largest absolute Gasteiger partial charge is 0.427 e. The Balaban J connectivity index is 2.57. The first-order valence-electron chi connectivity index (χ1n) is 4.88. The van der Waals surface area contributed by atoms with E-state index < -0.39 is 0 Å². The molecule has 15 heavy (non-hydrogen) atoms. The molecule has 0 aliphatic heterocycles. The Hall–Kier alpha value is -1.84. The Morgan fingerprint density at radius 2 is 2.07 bits per heavy atom. The second kappa shape index (κ2) is 3.73. The Labute approximate surface area is 87.1 Å². The third kappa shape index (κ3) is 1.83. The molecule has 0 amide bonds.